The topological polar surface area (TPSA) is 63.4 Å². The number of imide groups is 1. The van der Waals surface area contributed by atoms with Gasteiger partial charge in [0.25, 0.3) is 11.8 Å². The van der Waals surface area contributed by atoms with E-state index in [0.717, 1.165) is 17.1 Å². The molecule has 5 heteroatoms. The first kappa shape index (κ1) is 6.88. The molecule has 0 aliphatic carbocycles. The van der Waals surface area contributed by atoms with E-state index in [1.807, 2.05) is 0 Å². The molecule has 0 aromatic rings. The van der Waals surface area contributed by atoms with Crippen LogP contribution in [0.25, 0.3) is 0 Å². The normalized spacial score (nSPS) is 16.6. The van der Waals surface area contributed by atoms with Gasteiger partial charge in [-0.2, -0.15) is 0 Å². The second-order valence-corrected chi connectivity index (χ2v) is 2.10. The summed E-state index contributed by atoms with van der Waals surface area (Å²) in [6.07, 6.45) is 2.25. The SMILES string of the molecule is NC(=S)N1C(=O)C=CC1=O. The monoisotopic (exact) mass is 156 g/mol. The minimum Gasteiger partial charge on any atom is -0.375 e. The summed E-state index contributed by atoms with van der Waals surface area (Å²) in [7, 11) is 0. The van der Waals surface area contributed by atoms with Gasteiger partial charge in [-0.25, -0.2) is 4.90 Å². The Labute approximate surface area is 62.3 Å². The molecule has 0 spiro atoms. The second kappa shape index (κ2) is 2.18. The molecule has 0 unspecified atom stereocenters. The summed E-state index contributed by atoms with van der Waals surface area (Å²) in [5.74, 6) is -0.949. The molecule has 0 aromatic carbocycles. The highest BCUT2D eigenvalue weighted by atomic mass is 32.1. The van der Waals surface area contributed by atoms with Crippen molar-refractivity contribution in [2.24, 2.45) is 5.73 Å². The highest BCUT2D eigenvalue weighted by Gasteiger charge is 2.25. The van der Waals surface area contributed by atoms with Crippen LogP contribution in [0.5, 0.6) is 0 Å². The van der Waals surface area contributed by atoms with Crippen LogP contribution in [-0.4, -0.2) is 21.8 Å². The highest BCUT2D eigenvalue weighted by molar-refractivity contribution is 7.80. The third-order valence-corrected chi connectivity index (χ3v) is 1.21. The summed E-state index contributed by atoms with van der Waals surface area (Å²) >= 11 is 4.43. The van der Waals surface area contributed by atoms with Crippen LogP contribution in [0.3, 0.4) is 0 Å². The Morgan fingerprint density at radius 1 is 1.40 bits per heavy atom. The van der Waals surface area contributed by atoms with E-state index in [4.69, 9.17) is 5.73 Å². The number of nitrogens with two attached hydrogens (primary N) is 1. The van der Waals surface area contributed by atoms with Crippen LogP contribution in [0.2, 0.25) is 0 Å². The van der Waals surface area contributed by atoms with E-state index in [9.17, 15) is 9.59 Å². The van der Waals surface area contributed by atoms with Crippen molar-refractivity contribution in [1.82, 2.24) is 4.90 Å². The number of hydrogen-bond donors (Lipinski definition) is 1. The van der Waals surface area contributed by atoms with Crippen LogP contribution in [0.4, 0.5) is 0 Å². The third-order valence-electron chi connectivity index (χ3n) is 1.03. The minimum absolute atomic E-state index is 0.208. The van der Waals surface area contributed by atoms with Crippen molar-refractivity contribution in [2.45, 2.75) is 0 Å². The Morgan fingerprint density at radius 2 is 1.80 bits per heavy atom. The molecular weight excluding hydrogens is 152 g/mol. The number of carbonyl (C=O) groups excluding carboxylic acids is 2. The molecule has 2 amide bonds. The van der Waals surface area contributed by atoms with Gasteiger partial charge in [0.05, 0.1) is 0 Å². The summed E-state index contributed by atoms with van der Waals surface area (Å²) in [5.41, 5.74) is 5.05. The standard InChI is InChI=1S/C5H4N2O2S/c6-5(10)7-3(8)1-2-4(7)9/h1-2H,(H2,6,10). The fourth-order valence-corrected chi connectivity index (χ4v) is 0.797. The lowest BCUT2D eigenvalue weighted by Gasteiger charge is -2.08. The van der Waals surface area contributed by atoms with Crippen LogP contribution in [-0.2, 0) is 9.59 Å². The Hall–Kier alpha value is -1.23. The predicted molar refractivity (Wildman–Crippen MR) is 37.8 cm³/mol. The van der Waals surface area contributed by atoms with E-state index < -0.39 is 11.8 Å². The summed E-state index contributed by atoms with van der Waals surface area (Å²) in [4.78, 5) is 22.1. The van der Waals surface area contributed by atoms with Gasteiger partial charge in [0, 0.05) is 12.2 Å². The molecule has 2 N–H and O–H groups in total. The fraction of sp³-hybridized carbons (Fsp3) is 0. The van der Waals surface area contributed by atoms with E-state index in [-0.39, 0.29) is 5.11 Å². The van der Waals surface area contributed by atoms with Crippen LogP contribution in [0.1, 0.15) is 0 Å². The predicted octanol–water partition coefficient (Wildman–Crippen LogP) is -0.845. The molecule has 1 aliphatic heterocycles. The number of carbonyl (C=O) groups is 2. The molecule has 0 saturated heterocycles. The Kier molecular flexibility index (Phi) is 1.50. The van der Waals surface area contributed by atoms with Crippen LogP contribution in [0, 0.1) is 0 Å². The average molecular weight is 156 g/mol. The minimum atomic E-state index is -0.475. The number of amides is 2. The molecule has 0 atom stereocenters. The molecule has 1 rings (SSSR count). The molecule has 10 heavy (non-hydrogen) atoms. The zero-order chi connectivity index (χ0) is 7.72. The second-order valence-electron chi connectivity index (χ2n) is 1.68. The van der Waals surface area contributed by atoms with Gasteiger partial charge in [0.2, 0.25) is 0 Å². The van der Waals surface area contributed by atoms with Gasteiger partial charge in [0.15, 0.2) is 5.11 Å². The van der Waals surface area contributed by atoms with Crippen molar-refractivity contribution in [1.29, 1.82) is 0 Å². The van der Waals surface area contributed by atoms with Crippen molar-refractivity contribution in [3.8, 4) is 0 Å². The number of nitrogens with zero attached hydrogens (tertiary/aromatic N) is 1. The molecule has 1 aliphatic rings. The number of rotatable bonds is 0. The maximum absolute atomic E-state index is 10.7. The summed E-state index contributed by atoms with van der Waals surface area (Å²) in [6, 6.07) is 0. The van der Waals surface area contributed by atoms with Crippen molar-refractivity contribution in [3.05, 3.63) is 12.2 Å². The van der Waals surface area contributed by atoms with Crippen LogP contribution < -0.4 is 5.73 Å². The van der Waals surface area contributed by atoms with Crippen molar-refractivity contribution in [2.75, 3.05) is 0 Å². The average Bonchev–Trinajstić information content (AvgIpc) is 2.11. The quantitative estimate of drug-likeness (QED) is 0.366. The molecule has 0 aromatic heterocycles. The van der Waals surface area contributed by atoms with Gasteiger partial charge >= 0.3 is 0 Å². The molecule has 0 bridgehead atoms. The Balaban J connectivity index is 2.90. The largest absolute Gasteiger partial charge is 0.375 e. The van der Waals surface area contributed by atoms with Crippen molar-refractivity contribution >= 4 is 29.1 Å². The summed E-state index contributed by atoms with van der Waals surface area (Å²) < 4.78 is 0. The molecular formula is C5H4N2O2S. The van der Waals surface area contributed by atoms with Crippen LogP contribution >= 0.6 is 12.2 Å². The van der Waals surface area contributed by atoms with E-state index in [2.05, 4.69) is 12.2 Å². The first-order valence-electron chi connectivity index (χ1n) is 2.48. The van der Waals surface area contributed by atoms with E-state index in [1.165, 1.54) is 0 Å². The molecule has 0 radical (unpaired) electrons. The van der Waals surface area contributed by atoms with Crippen molar-refractivity contribution in [3.63, 3.8) is 0 Å². The maximum Gasteiger partial charge on any atom is 0.260 e. The maximum atomic E-state index is 10.7. The number of hydrogen-bond acceptors (Lipinski definition) is 3. The molecule has 0 saturated carbocycles. The molecule has 52 valence electrons. The molecule has 1 heterocycles. The smallest absolute Gasteiger partial charge is 0.260 e. The first-order chi connectivity index (χ1) is 4.63. The lowest BCUT2D eigenvalue weighted by Crippen LogP contribution is -2.39. The van der Waals surface area contributed by atoms with Gasteiger partial charge in [-0.3, -0.25) is 9.59 Å². The Bertz CT molecular complexity index is 228. The zero-order valence-corrected chi connectivity index (χ0v) is 5.72. The lowest BCUT2D eigenvalue weighted by atomic mass is 10.6. The van der Waals surface area contributed by atoms with E-state index >= 15 is 0 Å². The molecule has 4 nitrogen and oxygen atoms in total. The van der Waals surface area contributed by atoms with Crippen LogP contribution in [0.15, 0.2) is 12.2 Å². The Morgan fingerprint density at radius 3 is 2.00 bits per heavy atom. The van der Waals surface area contributed by atoms with Gasteiger partial charge in [-0.1, -0.05) is 0 Å². The first-order valence-corrected chi connectivity index (χ1v) is 2.89. The third kappa shape index (κ3) is 0.906. The van der Waals surface area contributed by atoms with Gasteiger partial charge in [-0.15, -0.1) is 0 Å². The van der Waals surface area contributed by atoms with Crippen molar-refractivity contribution < 1.29 is 9.59 Å². The zero-order valence-electron chi connectivity index (χ0n) is 4.90. The molecule has 0 fully saturated rings. The summed E-state index contributed by atoms with van der Waals surface area (Å²) in [5, 5.41) is -0.208. The summed E-state index contributed by atoms with van der Waals surface area (Å²) in [6.45, 7) is 0. The van der Waals surface area contributed by atoms with E-state index in [0.29, 0.717) is 0 Å². The fourth-order valence-electron chi connectivity index (χ4n) is 0.617. The van der Waals surface area contributed by atoms with Gasteiger partial charge < -0.3 is 5.73 Å². The van der Waals surface area contributed by atoms with E-state index in [1.54, 1.807) is 0 Å². The van der Waals surface area contributed by atoms with Gasteiger partial charge in [0.1, 0.15) is 0 Å². The highest BCUT2D eigenvalue weighted by Crippen LogP contribution is 2.01. The number of thiocarbonyl (C=S) groups is 1. The lowest BCUT2D eigenvalue weighted by molar-refractivity contribution is -0.131. The van der Waals surface area contributed by atoms with Gasteiger partial charge in [-0.05, 0) is 12.2 Å².